The summed E-state index contributed by atoms with van der Waals surface area (Å²) in [7, 11) is 0. The summed E-state index contributed by atoms with van der Waals surface area (Å²) in [5.74, 6) is -1.13. The SMILES string of the molecule is FC(F)(F)C1CCN(CCCNc2ncc(-c3ccc4cnccc4c3)s2)CC1. The Hall–Kier alpha value is -2.19. The van der Waals surface area contributed by atoms with Crippen molar-refractivity contribution in [2.24, 2.45) is 5.92 Å². The molecule has 0 spiro atoms. The maximum absolute atomic E-state index is 12.7. The second-order valence-corrected chi connectivity index (χ2v) is 8.44. The first-order valence-corrected chi connectivity index (χ1v) is 10.6. The molecule has 2 aromatic heterocycles. The average molecular weight is 421 g/mol. The van der Waals surface area contributed by atoms with Gasteiger partial charge in [0.25, 0.3) is 0 Å². The van der Waals surface area contributed by atoms with Gasteiger partial charge in [-0.15, -0.1) is 0 Å². The number of halogens is 3. The van der Waals surface area contributed by atoms with Crippen LogP contribution in [0.1, 0.15) is 19.3 Å². The molecule has 0 radical (unpaired) electrons. The summed E-state index contributed by atoms with van der Waals surface area (Å²) in [5, 5.41) is 6.46. The first-order chi connectivity index (χ1) is 14.0. The summed E-state index contributed by atoms with van der Waals surface area (Å²) in [4.78, 5) is 11.8. The third-order valence-electron chi connectivity index (χ3n) is 5.41. The van der Waals surface area contributed by atoms with Crippen molar-refractivity contribution < 1.29 is 13.2 Å². The lowest BCUT2D eigenvalue weighted by molar-refractivity contribution is -0.185. The second-order valence-electron chi connectivity index (χ2n) is 7.41. The Labute approximate surface area is 171 Å². The number of aromatic nitrogens is 2. The monoisotopic (exact) mass is 420 g/mol. The topological polar surface area (TPSA) is 41.0 Å². The average Bonchev–Trinajstić information content (AvgIpc) is 3.19. The molecule has 1 fully saturated rings. The summed E-state index contributed by atoms with van der Waals surface area (Å²) in [6.45, 7) is 2.64. The van der Waals surface area contributed by atoms with Crippen LogP contribution in [-0.2, 0) is 0 Å². The van der Waals surface area contributed by atoms with E-state index in [1.165, 1.54) is 0 Å². The molecule has 0 amide bonds. The van der Waals surface area contributed by atoms with Gasteiger partial charge in [-0.25, -0.2) is 4.98 Å². The van der Waals surface area contributed by atoms with Crippen LogP contribution in [0.15, 0.2) is 42.9 Å². The summed E-state index contributed by atoms with van der Waals surface area (Å²) in [6.07, 6.45) is 2.79. The molecule has 1 N–H and O–H groups in total. The lowest BCUT2D eigenvalue weighted by Gasteiger charge is -2.32. The van der Waals surface area contributed by atoms with Gasteiger partial charge in [0.15, 0.2) is 5.13 Å². The van der Waals surface area contributed by atoms with Crippen molar-refractivity contribution in [3.8, 4) is 10.4 Å². The maximum atomic E-state index is 12.7. The largest absolute Gasteiger partial charge is 0.391 e. The standard InChI is InChI=1S/C21H23F3N4S/c22-21(23,24)18-5-10-28(11-6-18)9-1-7-26-20-27-14-19(29-20)16-2-3-17-13-25-8-4-15(17)12-16/h2-4,8,12-14,18H,1,5-7,9-11H2,(H,26,27). The molecule has 0 unspecified atom stereocenters. The maximum Gasteiger partial charge on any atom is 0.391 e. The number of hydrogen-bond acceptors (Lipinski definition) is 5. The molecular formula is C21H23F3N4S. The summed E-state index contributed by atoms with van der Waals surface area (Å²) in [6, 6.07) is 8.27. The molecule has 3 heterocycles. The molecule has 154 valence electrons. The third-order valence-corrected chi connectivity index (χ3v) is 6.41. The summed E-state index contributed by atoms with van der Waals surface area (Å²) >= 11 is 1.61. The van der Waals surface area contributed by atoms with Gasteiger partial charge in [0.1, 0.15) is 0 Å². The number of nitrogens with zero attached hydrogens (tertiary/aromatic N) is 3. The highest BCUT2D eigenvalue weighted by atomic mass is 32.1. The van der Waals surface area contributed by atoms with Crippen molar-refractivity contribution in [3.63, 3.8) is 0 Å². The zero-order valence-electron chi connectivity index (χ0n) is 16.0. The van der Waals surface area contributed by atoms with E-state index in [0.717, 1.165) is 45.9 Å². The number of benzene rings is 1. The molecule has 0 saturated carbocycles. The van der Waals surface area contributed by atoms with Gasteiger partial charge in [-0.05, 0) is 62.0 Å². The van der Waals surface area contributed by atoms with Crippen molar-refractivity contribution in [3.05, 3.63) is 42.9 Å². The molecule has 8 heteroatoms. The van der Waals surface area contributed by atoms with Crippen LogP contribution in [0.4, 0.5) is 18.3 Å². The fourth-order valence-electron chi connectivity index (χ4n) is 3.71. The first-order valence-electron chi connectivity index (χ1n) is 9.82. The highest BCUT2D eigenvalue weighted by Crippen LogP contribution is 2.34. The van der Waals surface area contributed by atoms with Crippen molar-refractivity contribution in [1.82, 2.24) is 14.9 Å². The lowest BCUT2D eigenvalue weighted by Crippen LogP contribution is -2.39. The van der Waals surface area contributed by atoms with E-state index in [9.17, 15) is 13.2 Å². The Morgan fingerprint density at radius 3 is 2.72 bits per heavy atom. The van der Waals surface area contributed by atoms with E-state index in [1.807, 2.05) is 18.5 Å². The Bertz CT molecular complexity index is 948. The highest BCUT2D eigenvalue weighted by Gasteiger charge is 2.40. The van der Waals surface area contributed by atoms with Crippen LogP contribution in [0.2, 0.25) is 0 Å². The van der Waals surface area contributed by atoms with Gasteiger partial charge >= 0.3 is 6.18 Å². The second kappa shape index (κ2) is 8.67. The van der Waals surface area contributed by atoms with Crippen LogP contribution < -0.4 is 5.32 Å². The molecule has 1 saturated heterocycles. The van der Waals surface area contributed by atoms with Gasteiger partial charge in [0, 0.05) is 30.5 Å². The van der Waals surface area contributed by atoms with Crippen molar-refractivity contribution >= 4 is 27.2 Å². The minimum atomic E-state index is -4.04. The van der Waals surface area contributed by atoms with Gasteiger partial charge < -0.3 is 10.2 Å². The first kappa shape index (κ1) is 20.1. The van der Waals surface area contributed by atoms with Crippen molar-refractivity contribution in [1.29, 1.82) is 0 Å². The quantitative estimate of drug-likeness (QED) is 0.540. The number of likely N-dealkylation sites (tertiary alicyclic amines) is 1. The number of rotatable bonds is 6. The number of hydrogen-bond donors (Lipinski definition) is 1. The predicted molar refractivity (Wildman–Crippen MR) is 111 cm³/mol. The van der Waals surface area contributed by atoms with E-state index in [0.29, 0.717) is 13.1 Å². The molecule has 1 aromatic carbocycles. The fraction of sp³-hybridized carbons (Fsp3) is 0.429. The number of pyridine rings is 1. The van der Waals surface area contributed by atoms with E-state index >= 15 is 0 Å². The van der Waals surface area contributed by atoms with E-state index in [4.69, 9.17) is 0 Å². The molecule has 3 aromatic rings. The summed E-state index contributed by atoms with van der Waals surface area (Å²) in [5.41, 5.74) is 1.13. The number of piperidine rings is 1. The Morgan fingerprint density at radius 2 is 1.93 bits per heavy atom. The van der Waals surface area contributed by atoms with E-state index in [2.05, 4.69) is 38.4 Å². The number of alkyl halides is 3. The molecule has 29 heavy (non-hydrogen) atoms. The Kier molecular flexibility index (Phi) is 6.01. The van der Waals surface area contributed by atoms with Gasteiger partial charge in [-0.2, -0.15) is 13.2 Å². The Balaban J connectivity index is 1.24. The van der Waals surface area contributed by atoms with Gasteiger partial charge in [-0.1, -0.05) is 23.5 Å². The van der Waals surface area contributed by atoms with Gasteiger partial charge in [0.05, 0.1) is 10.8 Å². The third kappa shape index (κ3) is 5.05. The molecule has 4 rings (SSSR count). The normalized spacial score (nSPS) is 16.4. The minimum Gasteiger partial charge on any atom is -0.361 e. The molecule has 4 nitrogen and oxygen atoms in total. The highest BCUT2D eigenvalue weighted by molar-refractivity contribution is 7.18. The Morgan fingerprint density at radius 1 is 1.10 bits per heavy atom. The van der Waals surface area contributed by atoms with E-state index in [1.54, 1.807) is 17.5 Å². The zero-order chi connectivity index (χ0) is 20.3. The van der Waals surface area contributed by atoms with Crippen molar-refractivity contribution in [2.45, 2.75) is 25.4 Å². The molecular weight excluding hydrogens is 397 g/mol. The van der Waals surface area contributed by atoms with Crippen molar-refractivity contribution in [2.75, 3.05) is 31.5 Å². The number of nitrogens with one attached hydrogen (secondary N) is 1. The van der Waals surface area contributed by atoms with Crippen LogP contribution in [0.5, 0.6) is 0 Å². The van der Waals surface area contributed by atoms with Crippen LogP contribution >= 0.6 is 11.3 Å². The van der Waals surface area contributed by atoms with Crippen LogP contribution in [0.25, 0.3) is 21.2 Å². The lowest BCUT2D eigenvalue weighted by atomic mass is 9.96. The molecule has 0 aliphatic carbocycles. The van der Waals surface area contributed by atoms with E-state index < -0.39 is 12.1 Å². The fourth-order valence-corrected chi connectivity index (χ4v) is 4.55. The van der Waals surface area contributed by atoms with Gasteiger partial charge in [-0.3, -0.25) is 4.98 Å². The van der Waals surface area contributed by atoms with Crippen LogP contribution in [-0.4, -0.2) is 47.2 Å². The predicted octanol–water partition coefficient (Wildman–Crippen LogP) is 5.43. The van der Waals surface area contributed by atoms with Gasteiger partial charge in [0.2, 0.25) is 0 Å². The van der Waals surface area contributed by atoms with E-state index in [-0.39, 0.29) is 12.8 Å². The van der Waals surface area contributed by atoms with Crippen LogP contribution in [0.3, 0.4) is 0 Å². The molecule has 1 aliphatic rings. The summed E-state index contributed by atoms with van der Waals surface area (Å²) < 4.78 is 38.2. The number of anilines is 1. The van der Waals surface area contributed by atoms with Crippen LogP contribution in [0, 0.1) is 5.92 Å². The molecule has 0 atom stereocenters. The zero-order valence-corrected chi connectivity index (χ0v) is 16.8. The minimum absolute atomic E-state index is 0.217. The molecule has 1 aliphatic heterocycles. The number of fused-ring (bicyclic) bond motifs is 1. The molecule has 0 bridgehead atoms. The number of thiazole rings is 1. The smallest absolute Gasteiger partial charge is 0.361 e.